The van der Waals surface area contributed by atoms with Crippen LogP contribution in [0.2, 0.25) is 0 Å². The van der Waals surface area contributed by atoms with Crippen molar-refractivity contribution >= 4 is 34.5 Å². The number of nitrogens with one attached hydrogen (secondary N) is 3. The summed E-state index contributed by atoms with van der Waals surface area (Å²) in [7, 11) is 0. The zero-order valence-corrected chi connectivity index (χ0v) is 12.7. The monoisotopic (exact) mass is 298 g/mol. The Morgan fingerprint density at radius 1 is 1.29 bits per heavy atom. The third-order valence-electron chi connectivity index (χ3n) is 2.72. The van der Waals surface area contributed by atoms with E-state index in [9.17, 15) is 0 Å². The molecule has 0 saturated carbocycles. The van der Waals surface area contributed by atoms with E-state index in [0.29, 0.717) is 11.7 Å². The first-order valence-corrected chi connectivity index (χ1v) is 7.03. The highest BCUT2D eigenvalue weighted by molar-refractivity contribution is 7.80. The summed E-state index contributed by atoms with van der Waals surface area (Å²) in [4.78, 5) is 4.36. The third kappa shape index (κ3) is 4.89. The molecule has 0 spiro atoms. The molecule has 5 heteroatoms. The lowest BCUT2D eigenvalue weighted by molar-refractivity contribution is 1.06. The smallest absolute Gasteiger partial charge is 0.171 e. The van der Waals surface area contributed by atoms with Crippen LogP contribution in [0.15, 0.2) is 55.3 Å². The van der Waals surface area contributed by atoms with Gasteiger partial charge in [-0.2, -0.15) is 0 Å². The highest BCUT2D eigenvalue weighted by Gasteiger charge is 1.99. The number of thiocarbonyl (C=S) groups is 1. The van der Waals surface area contributed by atoms with Crippen LogP contribution in [0.25, 0.3) is 0 Å². The highest BCUT2D eigenvalue weighted by atomic mass is 32.1. The molecule has 1 aromatic heterocycles. The van der Waals surface area contributed by atoms with Crippen molar-refractivity contribution in [3.8, 4) is 0 Å². The first-order valence-electron chi connectivity index (χ1n) is 6.63. The van der Waals surface area contributed by atoms with E-state index in [1.807, 2.05) is 24.3 Å². The van der Waals surface area contributed by atoms with Crippen molar-refractivity contribution in [2.24, 2.45) is 0 Å². The first kappa shape index (κ1) is 15.0. The minimum atomic E-state index is 0.552. The Kier molecular flexibility index (Phi) is 5.29. The van der Waals surface area contributed by atoms with Crippen LogP contribution in [0, 0.1) is 6.92 Å². The van der Waals surface area contributed by atoms with Gasteiger partial charge in [0, 0.05) is 12.2 Å². The van der Waals surface area contributed by atoms with Crippen molar-refractivity contribution < 1.29 is 0 Å². The van der Waals surface area contributed by atoms with Crippen LogP contribution in [-0.2, 0) is 0 Å². The van der Waals surface area contributed by atoms with E-state index < -0.39 is 0 Å². The number of anilines is 3. The zero-order valence-electron chi connectivity index (χ0n) is 11.9. The van der Waals surface area contributed by atoms with Crippen LogP contribution in [0.4, 0.5) is 17.2 Å². The van der Waals surface area contributed by atoms with Gasteiger partial charge in [0.2, 0.25) is 0 Å². The van der Waals surface area contributed by atoms with Crippen molar-refractivity contribution in [1.82, 2.24) is 10.3 Å². The van der Waals surface area contributed by atoms with E-state index in [-0.39, 0.29) is 0 Å². The standard InChI is InChI=1S/C16H18N4S/c1-3-9-17-16(21)20-14-7-8-15(18-11-14)19-13-6-4-5-12(2)10-13/h3-8,10-11H,1,9H2,2H3,(H,18,19)(H2,17,20,21). The Hall–Kier alpha value is -2.40. The minimum Gasteiger partial charge on any atom is -0.359 e. The predicted molar refractivity (Wildman–Crippen MR) is 93.1 cm³/mol. The molecule has 108 valence electrons. The molecule has 21 heavy (non-hydrogen) atoms. The van der Waals surface area contributed by atoms with E-state index >= 15 is 0 Å². The summed E-state index contributed by atoms with van der Waals surface area (Å²) in [5, 5.41) is 9.87. The second kappa shape index (κ2) is 7.40. The molecule has 2 aromatic rings. The molecule has 0 fully saturated rings. The van der Waals surface area contributed by atoms with Gasteiger partial charge in [-0.3, -0.25) is 0 Å². The largest absolute Gasteiger partial charge is 0.359 e. The Labute approximate surface area is 130 Å². The normalized spacial score (nSPS) is 9.76. The third-order valence-corrected chi connectivity index (χ3v) is 2.97. The van der Waals surface area contributed by atoms with Gasteiger partial charge in [0.15, 0.2) is 5.11 Å². The maximum absolute atomic E-state index is 5.14. The maximum atomic E-state index is 5.14. The number of benzene rings is 1. The fourth-order valence-electron chi connectivity index (χ4n) is 1.75. The summed E-state index contributed by atoms with van der Waals surface area (Å²) in [6.07, 6.45) is 3.49. The maximum Gasteiger partial charge on any atom is 0.171 e. The summed E-state index contributed by atoms with van der Waals surface area (Å²) in [6.45, 7) is 6.32. The van der Waals surface area contributed by atoms with Gasteiger partial charge in [-0.05, 0) is 49.0 Å². The van der Waals surface area contributed by atoms with Crippen LogP contribution < -0.4 is 16.0 Å². The quantitative estimate of drug-likeness (QED) is 0.581. The topological polar surface area (TPSA) is 49.0 Å². The molecule has 1 aromatic carbocycles. The number of aromatic nitrogens is 1. The lowest BCUT2D eigenvalue weighted by Crippen LogP contribution is -2.28. The lowest BCUT2D eigenvalue weighted by atomic mass is 10.2. The molecule has 0 aliphatic carbocycles. The molecule has 2 rings (SSSR count). The molecule has 0 atom stereocenters. The lowest BCUT2D eigenvalue weighted by Gasteiger charge is -2.10. The molecule has 0 aliphatic rings. The predicted octanol–water partition coefficient (Wildman–Crippen LogP) is 3.61. The van der Waals surface area contributed by atoms with E-state index in [1.165, 1.54) is 5.56 Å². The Bertz CT molecular complexity index is 622. The van der Waals surface area contributed by atoms with E-state index in [1.54, 1.807) is 12.3 Å². The van der Waals surface area contributed by atoms with Gasteiger partial charge in [0.05, 0.1) is 11.9 Å². The number of hydrogen-bond acceptors (Lipinski definition) is 3. The summed E-state index contributed by atoms with van der Waals surface area (Å²) in [6, 6.07) is 12.0. The molecule has 0 saturated heterocycles. The van der Waals surface area contributed by atoms with Gasteiger partial charge in [0.25, 0.3) is 0 Å². The van der Waals surface area contributed by atoms with Crippen molar-refractivity contribution in [3.63, 3.8) is 0 Å². The Morgan fingerprint density at radius 2 is 2.14 bits per heavy atom. The van der Waals surface area contributed by atoms with Crippen LogP contribution in [0.5, 0.6) is 0 Å². The van der Waals surface area contributed by atoms with Gasteiger partial charge in [-0.25, -0.2) is 4.98 Å². The second-order valence-corrected chi connectivity index (χ2v) is 4.96. The Morgan fingerprint density at radius 3 is 2.81 bits per heavy atom. The first-order chi connectivity index (χ1) is 10.2. The average Bonchev–Trinajstić information content (AvgIpc) is 2.47. The Balaban J connectivity index is 1.95. The molecule has 1 heterocycles. The average molecular weight is 298 g/mol. The van der Waals surface area contributed by atoms with Gasteiger partial charge in [-0.1, -0.05) is 18.2 Å². The molecule has 0 radical (unpaired) electrons. The second-order valence-electron chi connectivity index (χ2n) is 4.55. The molecule has 0 amide bonds. The van der Waals surface area contributed by atoms with E-state index in [4.69, 9.17) is 12.2 Å². The zero-order chi connectivity index (χ0) is 15.1. The SMILES string of the molecule is C=CCNC(=S)Nc1ccc(Nc2cccc(C)c2)nc1. The number of hydrogen-bond donors (Lipinski definition) is 3. The minimum absolute atomic E-state index is 0.552. The summed E-state index contributed by atoms with van der Waals surface area (Å²) in [5.41, 5.74) is 3.06. The van der Waals surface area contributed by atoms with Crippen LogP contribution in [0.1, 0.15) is 5.56 Å². The fourth-order valence-corrected chi connectivity index (χ4v) is 1.95. The van der Waals surface area contributed by atoms with Gasteiger partial charge < -0.3 is 16.0 Å². The van der Waals surface area contributed by atoms with Crippen molar-refractivity contribution in [2.45, 2.75) is 6.92 Å². The number of rotatable bonds is 5. The van der Waals surface area contributed by atoms with Crippen molar-refractivity contribution in [2.75, 3.05) is 17.2 Å². The fraction of sp³-hybridized carbons (Fsp3) is 0.125. The molecule has 0 bridgehead atoms. The summed E-state index contributed by atoms with van der Waals surface area (Å²) in [5.74, 6) is 0.788. The molecular formula is C16H18N4S. The summed E-state index contributed by atoms with van der Waals surface area (Å²) < 4.78 is 0. The molecule has 4 nitrogen and oxygen atoms in total. The highest BCUT2D eigenvalue weighted by Crippen LogP contribution is 2.17. The molecule has 0 unspecified atom stereocenters. The van der Waals surface area contributed by atoms with Crippen LogP contribution >= 0.6 is 12.2 Å². The molecule has 3 N–H and O–H groups in total. The van der Waals surface area contributed by atoms with Crippen molar-refractivity contribution in [3.05, 3.63) is 60.8 Å². The van der Waals surface area contributed by atoms with E-state index in [2.05, 4.69) is 46.6 Å². The number of aryl methyl sites for hydroxylation is 1. The number of nitrogens with zero attached hydrogens (tertiary/aromatic N) is 1. The van der Waals surface area contributed by atoms with E-state index in [0.717, 1.165) is 17.2 Å². The summed E-state index contributed by atoms with van der Waals surface area (Å²) >= 11 is 5.14. The van der Waals surface area contributed by atoms with Crippen LogP contribution in [-0.4, -0.2) is 16.6 Å². The van der Waals surface area contributed by atoms with Crippen LogP contribution in [0.3, 0.4) is 0 Å². The number of pyridine rings is 1. The molecular weight excluding hydrogens is 280 g/mol. The van der Waals surface area contributed by atoms with Gasteiger partial charge in [-0.15, -0.1) is 6.58 Å². The molecule has 0 aliphatic heterocycles. The van der Waals surface area contributed by atoms with Crippen molar-refractivity contribution in [1.29, 1.82) is 0 Å². The van der Waals surface area contributed by atoms with Gasteiger partial charge >= 0.3 is 0 Å². The van der Waals surface area contributed by atoms with Gasteiger partial charge in [0.1, 0.15) is 5.82 Å².